The fourth-order valence-electron chi connectivity index (χ4n) is 2.45. The van der Waals surface area contributed by atoms with Crippen LogP contribution in [0.1, 0.15) is 5.69 Å². The summed E-state index contributed by atoms with van der Waals surface area (Å²) < 4.78 is 23.7. The van der Waals surface area contributed by atoms with Gasteiger partial charge < -0.3 is 20.1 Å². The molecule has 0 spiro atoms. The van der Waals surface area contributed by atoms with Gasteiger partial charge in [0.1, 0.15) is 23.1 Å². The second-order valence-corrected chi connectivity index (χ2v) is 6.07. The number of methoxy groups -OCH3 is 2. The number of ether oxygens (including phenoxy) is 2. The van der Waals surface area contributed by atoms with Crippen molar-refractivity contribution in [3.05, 3.63) is 59.0 Å². The fraction of sp³-hybridized carbons (Fsp3) is 0.158. The van der Waals surface area contributed by atoms with Gasteiger partial charge in [0.2, 0.25) is 5.95 Å². The number of halogens is 2. The summed E-state index contributed by atoms with van der Waals surface area (Å²) in [5.41, 5.74) is 2.07. The maximum atomic E-state index is 13.1. The number of hydrogen-bond acceptors (Lipinski definition) is 6. The molecule has 2 aromatic carbocycles. The Bertz CT molecular complexity index is 951. The van der Waals surface area contributed by atoms with Crippen LogP contribution in [0.3, 0.4) is 0 Å². The average Bonchev–Trinajstić information content (AvgIpc) is 2.64. The van der Waals surface area contributed by atoms with Gasteiger partial charge >= 0.3 is 0 Å². The standard InChI is InChI=1S/C19H18ClFN4O2/c1-11-8-18(23-13-6-4-12(21)5-7-13)25-19(22-11)24-15-10-16(26-2)14(20)9-17(15)27-3/h4-10H,1-3H3,(H2,22,23,24,25). The van der Waals surface area contributed by atoms with E-state index >= 15 is 0 Å². The third-order valence-electron chi connectivity index (χ3n) is 3.69. The number of aryl methyl sites for hydroxylation is 1. The van der Waals surface area contributed by atoms with Gasteiger partial charge in [0, 0.05) is 29.6 Å². The van der Waals surface area contributed by atoms with Crippen molar-refractivity contribution >= 4 is 34.7 Å². The van der Waals surface area contributed by atoms with Crippen molar-refractivity contribution in [2.24, 2.45) is 0 Å². The molecule has 0 saturated heterocycles. The molecule has 0 amide bonds. The molecule has 27 heavy (non-hydrogen) atoms. The van der Waals surface area contributed by atoms with Gasteiger partial charge in [-0.1, -0.05) is 11.6 Å². The zero-order valence-electron chi connectivity index (χ0n) is 15.0. The number of nitrogens with zero attached hydrogens (tertiary/aromatic N) is 2. The highest BCUT2D eigenvalue weighted by Gasteiger charge is 2.12. The van der Waals surface area contributed by atoms with Gasteiger partial charge in [-0.3, -0.25) is 0 Å². The molecule has 3 rings (SSSR count). The molecule has 0 radical (unpaired) electrons. The maximum absolute atomic E-state index is 13.1. The van der Waals surface area contributed by atoms with Crippen LogP contribution in [0.4, 0.5) is 27.5 Å². The number of rotatable bonds is 6. The summed E-state index contributed by atoms with van der Waals surface area (Å²) in [6, 6.07) is 11.2. The van der Waals surface area contributed by atoms with Crippen LogP contribution in [0.25, 0.3) is 0 Å². The largest absolute Gasteiger partial charge is 0.495 e. The van der Waals surface area contributed by atoms with Crippen molar-refractivity contribution in [1.82, 2.24) is 9.97 Å². The first-order valence-electron chi connectivity index (χ1n) is 8.05. The SMILES string of the molecule is COc1cc(Nc2nc(C)cc(Nc3ccc(F)cc3)n2)c(OC)cc1Cl. The molecule has 0 bridgehead atoms. The van der Waals surface area contributed by atoms with Crippen LogP contribution in [0.15, 0.2) is 42.5 Å². The normalized spacial score (nSPS) is 10.4. The minimum Gasteiger partial charge on any atom is -0.495 e. The molecule has 0 aliphatic rings. The summed E-state index contributed by atoms with van der Waals surface area (Å²) in [4.78, 5) is 8.83. The molecule has 1 heterocycles. The lowest BCUT2D eigenvalue weighted by Gasteiger charge is -2.14. The summed E-state index contributed by atoms with van der Waals surface area (Å²) in [7, 11) is 3.08. The topological polar surface area (TPSA) is 68.3 Å². The highest BCUT2D eigenvalue weighted by molar-refractivity contribution is 6.32. The zero-order valence-corrected chi connectivity index (χ0v) is 15.8. The molecule has 3 aromatic rings. The zero-order chi connectivity index (χ0) is 19.4. The van der Waals surface area contributed by atoms with E-state index in [2.05, 4.69) is 20.6 Å². The van der Waals surface area contributed by atoms with E-state index in [1.54, 1.807) is 37.4 Å². The predicted molar refractivity (Wildman–Crippen MR) is 104 cm³/mol. The van der Waals surface area contributed by atoms with Gasteiger partial charge in [-0.15, -0.1) is 0 Å². The summed E-state index contributed by atoms with van der Waals surface area (Å²) in [6.45, 7) is 1.85. The maximum Gasteiger partial charge on any atom is 0.229 e. The highest BCUT2D eigenvalue weighted by Crippen LogP contribution is 2.37. The summed E-state index contributed by atoms with van der Waals surface area (Å²) in [5, 5.41) is 6.67. The highest BCUT2D eigenvalue weighted by atomic mass is 35.5. The minimum absolute atomic E-state index is 0.300. The van der Waals surface area contributed by atoms with Gasteiger partial charge in [-0.05, 0) is 31.2 Å². The molecule has 8 heteroatoms. The van der Waals surface area contributed by atoms with Gasteiger partial charge in [-0.25, -0.2) is 9.37 Å². The van der Waals surface area contributed by atoms with Crippen LogP contribution in [0, 0.1) is 12.7 Å². The average molecular weight is 389 g/mol. The van der Waals surface area contributed by atoms with Crippen LogP contribution in [-0.4, -0.2) is 24.2 Å². The number of aromatic nitrogens is 2. The first-order chi connectivity index (χ1) is 13.0. The Balaban J connectivity index is 1.89. The Labute approximate surface area is 161 Å². The molecular weight excluding hydrogens is 371 g/mol. The minimum atomic E-state index is -0.300. The molecular formula is C19H18ClFN4O2. The van der Waals surface area contributed by atoms with E-state index in [1.165, 1.54) is 19.2 Å². The van der Waals surface area contributed by atoms with E-state index in [1.807, 2.05) is 6.92 Å². The van der Waals surface area contributed by atoms with Crippen LogP contribution in [-0.2, 0) is 0 Å². The molecule has 0 aliphatic heterocycles. The van der Waals surface area contributed by atoms with E-state index in [0.717, 1.165) is 5.69 Å². The van der Waals surface area contributed by atoms with Crippen LogP contribution < -0.4 is 20.1 Å². The quantitative estimate of drug-likeness (QED) is 0.613. The number of hydrogen-bond donors (Lipinski definition) is 2. The molecule has 0 fully saturated rings. The predicted octanol–water partition coefficient (Wildman–Crippen LogP) is 5.08. The molecule has 0 aliphatic carbocycles. The molecule has 0 saturated carbocycles. The lowest BCUT2D eigenvalue weighted by Crippen LogP contribution is -2.04. The Morgan fingerprint density at radius 2 is 1.63 bits per heavy atom. The van der Waals surface area contributed by atoms with Crippen molar-refractivity contribution in [2.75, 3.05) is 24.9 Å². The Morgan fingerprint density at radius 3 is 2.30 bits per heavy atom. The monoisotopic (exact) mass is 388 g/mol. The third-order valence-corrected chi connectivity index (χ3v) is 3.99. The van der Waals surface area contributed by atoms with Crippen molar-refractivity contribution < 1.29 is 13.9 Å². The second-order valence-electron chi connectivity index (χ2n) is 5.66. The summed E-state index contributed by atoms with van der Waals surface area (Å²) in [5.74, 6) is 1.65. The fourth-order valence-corrected chi connectivity index (χ4v) is 2.68. The van der Waals surface area contributed by atoms with Gasteiger partial charge in [-0.2, -0.15) is 4.98 Å². The molecule has 0 unspecified atom stereocenters. The summed E-state index contributed by atoms with van der Waals surface area (Å²) in [6.07, 6.45) is 0. The summed E-state index contributed by atoms with van der Waals surface area (Å²) >= 11 is 6.13. The Hall–Kier alpha value is -3.06. The Kier molecular flexibility index (Phi) is 5.61. The van der Waals surface area contributed by atoms with E-state index in [9.17, 15) is 4.39 Å². The van der Waals surface area contributed by atoms with Crippen LogP contribution in [0.2, 0.25) is 5.02 Å². The van der Waals surface area contributed by atoms with E-state index < -0.39 is 0 Å². The smallest absolute Gasteiger partial charge is 0.229 e. The first-order valence-corrected chi connectivity index (χ1v) is 8.43. The second kappa shape index (κ2) is 8.09. The van der Waals surface area contributed by atoms with Crippen molar-refractivity contribution in [3.63, 3.8) is 0 Å². The number of benzene rings is 2. The van der Waals surface area contributed by atoms with E-state index in [4.69, 9.17) is 21.1 Å². The van der Waals surface area contributed by atoms with Gasteiger partial charge in [0.15, 0.2) is 0 Å². The Morgan fingerprint density at radius 1 is 0.926 bits per heavy atom. The lowest BCUT2D eigenvalue weighted by molar-refractivity contribution is 0.405. The van der Waals surface area contributed by atoms with E-state index in [-0.39, 0.29) is 5.82 Å². The first kappa shape index (κ1) is 18.7. The molecule has 2 N–H and O–H groups in total. The van der Waals surface area contributed by atoms with Crippen LogP contribution in [0.5, 0.6) is 11.5 Å². The number of nitrogens with one attached hydrogen (secondary N) is 2. The molecule has 1 aromatic heterocycles. The van der Waals surface area contributed by atoms with Crippen molar-refractivity contribution in [2.45, 2.75) is 6.92 Å². The third kappa shape index (κ3) is 4.57. The molecule has 140 valence electrons. The van der Waals surface area contributed by atoms with Gasteiger partial charge in [0.05, 0.1) is 24.9 Å². The van der Waals surface area contributed by atoms with Crippen molar-refractivity contribution in [1.29, 1.82) is 0 Å². The van der Waals surface area contributed by atoms with Gasteiger partial charge in [0.25, 0.3) is 0 Å². The van der Waals surface area contributed by atoms with Crippen LogP contribution >= 0.6 is 11.6 Å². The van der Waals surface area contributed by atoms with E-state index in [0.29, 0.717) is 39.7 Å². The molecule has 0 atom stereocenters. The van der Waals surface area contributed by atoms with Crippen molar-refractivity contribution in [3.8, 4) is 11.5 Å². The lowest BCUT2D eigenvalue weighted by atomic mass is 10.2. The number of anilines is 4. The molecule has 6 nitrogen and oxygen atoms in total.